The zero-order chi connectivity index (χ0) is 10.5. The summed E-state index contributed by atoms with van der Waals surface area (Å²) in [4.78, 5) is 7.34. The van der Waals surface area contributed by atoms with E-state index < -0.39 is 8.40 Å². The molecule has 0 amide bonds. The number of hydrogen-bond donors (Lipinski definition) is 2. The molecule has 3 heteroatoms. The fraction of sp³-hybridized carbons (Fsp3) is 1.00. The molecule has 0 atom stereocenters. The van der Waals surface area contributed by atoms with Gasteiger partial charge in [0.1, 0.15) is 0 Å². The Morgan fingerprint density at radius 2 is 1.54 bits per heavy atom. The van der Waals surface area contributed by atoms with Crippen LogP contribution in [0.15, 0.2) is 0 Å². The van der Waals surface area contributed by atoms with Gasteiger partial charge in [0, 0.05) is 0 Å². The molecule has 80 valence electrons. The second-order valence-electron chi connectivity index (χ2n) is 4.36. The minimum Gasteiger partial charge on any atom is -0.328 e. The Kier molecular flexibility index (Phi) is 5.84. The first kappa shape index (κ1) is 13.1. The maximum Gasteiger partial charge on any atom is 0.206 e. The van der Waals surface area contributed by atoms with Gasteiger partial charge < -0.3 is 9.96 Å². The third-order valence-electron chi connectivity index (χ3n) is 2.90. The van der Waals surface area contributed by atoms with Crippen molar-refractivity contribution in [3.05, 3.63) is 0 Å². The number of hydrogen-bond acceptors (Lipinski definition) is 2. The lowest BCUT2D eigenvalue weighted by molar-refractivity contribution is 0.725. The van der Waals surface area contributed by atoms with Gasteiger partial charge in [0.25, 0.3) is 0 Å². The van der Waals surface area contributed by atoms with Gasteiger partial charge in [0.05, 0.1) is 0 Å². The smallest absolute Gasteiger partial charge is 0.206 e. The van der Waals surface area contributed by atoms with Crippen molar-refractivity contribution in [2.75, 3.05) is 13.6 Å². The first-order valence-electron chi connectivity index (χ1n) is 5.45. The van der Waals surface area contributed by atoms with Crippen LogP contribution in [0.25, 0.3) is 0 Å². The molecule has 2 N–H and O–H groups in total. The molecule has 0 aliphatic heterocycles. The Labute approximate surface area is 84.7 Å². The van der Waals surface area contributed by atoms with E-state index in [1.165, 1.54) is 6.42 Å². The molecule has 0 aliphatic carbocycles. The Bertz CT molecular complexity index is 127. The second kappa shape index (κ2) is 5.78. The lowest BCUT2D eigenvalue weighted by atomic mass is 10.5. The molecule has 0 unspecified atom stereocenters. The van der Waals surface area contributed by atoms with E-state index >= 15 is 0 Å². The van der Waals surface area contributed by atoms with Crippen molar-refractivity contribution in [3.8, 4) is 0 Å². The van der Waals surface area contributed by atoms with Crippen LogP contribution in [0.3, 0.4) is 0 Å². The van der Waals surface area contributed by atoms with Gasteiger partial charge in [0.2, 0.25) is 8.40 Å². The summed E-state index contributed by atoms with van der Waals surface area (Å²) in [7, 11) is 0.661. The van der Waals surface area contributed by atoms with Crippen LogP contribution in [0.2, 0.25) is 11.1 Å². The average Bonchev–Trinajstić information content (AvgIpc) is 2.05. The minimum atomic E-state index is -1.45. The molecule has 0 aromatic rings. The highest BCUT2D eigenvalue weighted by Crippen LogP contribution is 2.26. The predicted octanol–water partition coefficient (Wildman–Crippen LogP) is 2.47. The van der Waals surface area contributed by atoms with Gasteiger partial charge in [-0.05, 0) is 31.1 Å². The Morgan fingerprint density at radius 3 is 1.77 bits per heavy atom. The van der Waals surface area contributed by atoms with Crippen molar-refractivity contribution in [3.63, 3.8) is 0 Å². The minimum absolute atomic E-state index is 0.740. The standard InChI is InChI=1S/C10H26N2Si/c1-7-8-12-13(11-6,9(2)3)10(4)5/h9-12H,7-8H2,1-6H3. The van der Waals surface area contributed by atoms with Crippen molar-refractivity contribution in [2.45, 2.75) is 52.1 Å². The average molecular weight is 202 g/mol. The summed E-state index contributed by atoms with van der Waals surface area (Å²) in [6.07, 6.45) is 1.22. The highest BCUT2D eigenvalue weighted by atomic mass is 28.3. The van der Waals surface area contributed by atoms with Crippen LogP contribution in [-0.2, 0) is 0 Å². The molecule has 2 nitrogen and oxygen atoms in total. The first-order chi connectivity index (χ1) is 6.01. The summed E-state index contributed by atoms with van der Waals surface area (Å²) >= 11 is 0. The fourth-order valence-corrected chi connectivity index (χ4v) is 6.22. The third kappa shape index (κ3) is 3.08. The monoisotopic (exact) mass is 202 g/mol. The van der Waals surface area contributed by atoms with Gasteiger partial charge in [-0.1, -0.05) is 34.6 Å². The number of rotatable bonds is 6. The van der Waals surface area contributed by atoms with E-state index in [9.17, 15) is 0 Å². The van der Waals surface area contributed by atoms with Gasteiger partial charge in [0.15, 0.2) is 0 Å². The second-order valence-corrected chi connectivity index (χ2v) is 9.26. The predicted molar refractivity (Wildman–Crippen MR) is 63.3 cm³/mol. The topological polar surface area (TPSA) is 24.1 Å². The van der Waals surface area contributed by atoms with Crippen LogP contribution >= 0.6 is 0 Å². The van der Waals surface area contributed by atoms with E-state index in [0.717, 1.165) is 17.6 Å². The van der Waals surface area contributed by atoms with Crippen molar-refractivity contribution < 1.29 is 0 Å². The van der Waals surface area contributed by atoms with Crippen molar-refractivity contribution in [1.82, 2.24) is 9.96 Å². The highest BCUT2D eigenvalue weighted by molar-refractivity contribution is 6.77. The molecule has 0 saturated carbocycles. The van der Waals surface area contributed by atoms with Crippen LogP contribution in [0.5, 0.6) is 0 Å². The molecule has 0 rings (SSSR count). The Balaban J connectivity index is 4.45. The SMILES string of the molecule is CCCN[Si](NC)(C(C)C)C(C)C. The summed E-state index contributed by atoms with van der Waals surface area (Å²) in [5.41, 5.74) is 1.48. The summed E-state index contributed by atoms with van der Waals surface area (Å²) in [5.74, 6) is 0. The van der Waals surface area contributed by atoms with Crippen molar-refractivity contribution in [2.24, 2.45) is 0 Å². The zero-order valence-corrected chi connectivity index (χ0v) is 11.1. The molecule has 0 heterocycles. The van der Waals surface area contributed by atoms with Crippen LogP contribution < -0.4 is 9.96 Å². The summed E-state index contributed by atoms with van der Waals surface area (Å²) in [5, 5.41) is 0. The Hall–Kier alpha value is 0.137. The van der Waals surface area contributed by atoms with E-state index in [-0.39, 0.29) is 0 Å². The molecular weight excluding hydrogens is 176 g/mol. The molecule has 0 radical (unpaired) electrons. The third-order valence-corrected chi connectivity index (χ3v) is 8.21. The van der Waals surface area contributed by atoms with Crippen LogP contribution in [0.4, 0.5) is 0 Å². The van der Waals surface area contributed by atoms with E-state index in [1.54, 1.807) is 0 Å². The van der Waals surface area contributed by atoms with Crippen LogP contribution in [0, 0.1) is 0 Å². The summed E-state index contributed by atoms with van der Waals surface area (Å²) in [6, 6.07) is 0. The normalized spacial score (nSPS) is 12.9. The van der Waals surface area contributed by atoms with E-state index in [0.29, 0.717) is 0 Å². The largest absolute Gasteiger partial charge is 0.328 e. The van der Waals surface area contributed by atoms with Crippen LogP contribution in [0.1, 0.15) is 41.0 Å². The molecule has 0 bridgehead atoms. The van der Waals surface area contributed by atoms with Gasteiger partial charge in [-0.3, -0.25) is 0 Å². The first-order valence-corrected chi connectivity index (χ1v) is 7.60. The molecule has 0 aliphatic rings. The summed E-state index contributed by atoms with van der Waals surface area (Å²) in [6.45, 7) is 12.7. The zero-order valence-electron chi connectivity index (χ0n) is 10.1. The molecule has 13 heavy (non-hydrogen) atoms. The molecular formula is C10H26N2Si. The fourth-order valence-electron chi connectivity index (χ4n) is 2.07. The number of nitrogens with one attached hydrogen (secondary N) is 2. The van der Waals surface area contributed by atoms with Gasteiger partial charge >= 0.3 is 0 Å². The molecule has 0 saturated heterocycles. The van der Waals surface area contributed by atoms with Gasteiger partial charge in [-0.15, -0.1) is 0 Å². The van der Waals surface area contributed by atoms with E-state index in [1.807, 2.05) is 0 Å². The quantitative estimate of drug-likeness (QED) is 0.647. The van der Waals surface area contributed by atoms with Gasteiger partial charge in [-0.25, -0.2) is 0 Å². The maximum atomic E-state index is 3.76. The molecule has 0 aromatic heterocycles. The van der Waals surface area contributed by atoms with Crippen molar-refractivity contribution in [1.29, 1.82) is 0 Å². The Morgan fingerprint density at radius 1 is 1.08 bits per heavy atom. The lowest BCUT2D eigenvalue weighted by Gasteiger charge is -2.39. The molecule has 0 fully saturated rings. The summed E-state index contributed by atoms with van der Waals surface area (Å²) < 4.78 is 0. The van der Waals surface area contributed by atoms with E-state index in [2.05, 4.69) is 51.6 Å². The maximum absolute atomic E-state index is 3.76. The molecule has 0 spiro atoms. The van der Waals surface area contributed by atoms with Crippen LogP contribution in [-0.4, -0.2) is 22.0 Å². The van der Waals surface area contributed by atoms with Gasteiger partial charge in [-0.2, -0.15) is 0 Å². The molecule has 0 aromatic carbocycles. The van der Waals surface area contributed by atoms with Crippen molar-refractivity contribution >= 4 is 8.40 Å². The van der Waals surface area contributed by atoms with E-state index in [4.69, 9.17) is 0 Å². The highest BCUT2D eigenvalue weighted by Gasteiger charge is 2.38. The lowest BCUT2D eigenvalue weighted by Crippen LogP contribution is -2.65.